The molecule has 2 amide bonds. The molecule has 0 saturated heterocycles. The fourth-order valence-electron chi connectivity index (χ4n) is 3.75. The molecule has 2 heterocycles. The highest BCUT2D eigenvalue weighted by Crippen LogP contribution is 2.36. The van der Waals surface area contributed by atoms with Crippen molar-refractivity contribution in [2.24, 2.45) is 0 Å². The van der Waals surface area contributed by atoms with Crippen LogP contribution in [0.3, 0.4) is 0 Å². The van der Waals surface area contributed by atoms with Crippen molar-refractivity contribution >= 4 is 40.1 Å². The van der Waals surface area contributed by atoms with Crippen LogP contribution in [0.2, 0.25) is 0 Å². The molecule has 4 rings (SSSR count). The number of carbonyl (C=O) groups excluding carboxylic acids is 2. The van der Waals surface area contributed by atoms with E-state index in [-0.39, 0.29) is 11.6 Å². The maximum atomic E-state index is 13.5. The Kier molecular flexibility index (Phi) is 6.79. The molecule has 2 aromatic carbocycles. The topological polar surface area (TPSA) is 67.9 Å². The molecular formula is C26H26N2O4S. The third-order valence-electron chi connectivity index (χ3n) is 5.49. The van der Waals surface area contributed by atoms with Gasteiger partial charge in [0, 0.05) is 28.8 Å². The number of anilines is 2. The number of imide groups is 1. The quantitative estimate of drug-likeness (QED) is 0.425. The van der Waals surface area contributed by atoms with Crippen LogP contribution in [0, 0.1) is 0 Å². The van der Waals surface area contributed by atoms with E-state index in [2.05, 4.69) is 12.2 Å². The van der Waals surface area contributed by atoms with E-state index in [1.54, 1.807) is 32.4 Å². The van der Waals surface area contributed by atoms with Gasteiger partial charge in [0.2, 0.25) is 0 Å². The molecule has 1 aromatic heterocycles. The van der Waals surface area contributed by atoms with Crippen LogP contribution in [0.25, 0.3) is 5.57 Å². The standard InChI is InChI=1S/C26H26N2O4S/c1-4-5-7-17-9-11-19(12-10-17)28-25(29)23(22-8-6-13-33-22)24(26(28)30)27-18-14-20(31-2)16-21(15-18)32-3/h6,8-16,27H,4-5,7H2,1-3H3. The van der Waals surface area contributed by atoms with Crippen molar-refractivity contribution in [1.29, 1.82) is 0 Å². The summed E-state index contributed by atoms with van der Waals surface area (Å²) in [6.45, 7) is 2.15. The summed E-state index contributed by atoms with van der Waals surface area (Å²) in [7, 11) is 3.12. The third kappa shape index (κ3) is 4.64. The number of rotatable bonds is 9. The molecule has 6 nitrogen and oxygen atoms in total. The smallest absolute Gasteiger partial charge is 0.282 e. The number of amides is 2. The maximum absolute atomic E-state index is 13.5. The number of carbonyl (C=O) groups is 2. The normalized spacial score (nSPS) is 13.6. The van der Waals surface area contributed by atoms with Crippen molar-refractivity contribution in [1.82, 2.24) is 0 Å². The Morgan fingerprint density at radius 2 is 1.64 bits per heavy atom. The van der Waals surface area contributed by atoms with E-state index in [1.807, 2.05) is 41.8 Å². The van der Waals surface area contributed by atoms with Gasteiger partial charge in [0.05, 0.1) is 25.5 Å². The van der Waals surface area contributed by atoms with Crippen LogP contribution in [0.4, 0.5) is 11.4 Å². The summed E-state index contributed by atoms with van der Waals surface area (Å²) in [6.07, 6.45) is 3.19. The Hall–Kier alpha value is -3.58. The van der Waals surface area contributed by atoms with Gasteiger partial charge < -0.3 is 14.8 Å². The van der Waals surface area contributed by atoms with E-state index < -0.39 is 5.91 Å². The first-order valence-electron chi connectivity index (χ1n) is 10.8. The number of unbranched alkanes of at least 4 members (excludes halogenated alkanes) is 1. The largest absolute Gasteiger partial charge is 0.497 e. The summed E-state index contributed by atoms with van der Waals surface area (Å²) in [5.74, 6) is 0.408. The molecule has 170 valence electrons. The van der Waals surface area contributed by atoms with Crippen LogP contribution >= 0.6 is 11.3 Å². The minimum absolute atomic E-state index is 0.229. The van der Waals surface area contributed by atoms with Crippen LogP contribution in [0.1, 0.15) is 30.2 Å². The van der Waals surface area contributed by atoms with E-state index >= 15 is 0 Å². The average molecular weight is 463 g/mol. The number of benzene rings is 2. The molecule has 3 aromatic rings. The highest BCUT2D eigenvalue weighted by molar-refractivity contribution is 7.11. The van der Waals surface area contributed by atoms with Gasteiger partial charge in [-0.05, 0) is 42.0 Å². The van der Waals surface area contributed by atoms with Crippen LogP contribution in [-0.2, 0) is 16.0 Å². The van der Waals surface area contributed by atoms with Crippen molar-refractivity contribution in [3.05, 3.63) is 76.1 Å². The van der Waals surface area contributed by atoms with Gasteiger partial charge in [-0.15, -0.1) is 11.3 Å². The SMILES string of the molecule is CCCCc1ccc(N2C(=O)C(Nc3cc(OC)cc(OC)c3)=C(c3cccs3)C2=O)cc1. The van der Waals surface area contributed by atoms with E-state index in [0.29, 0.717) is 28.4 Å². The molecule has 7 heteroatoms. The van der Waals surface area contributed by atoms with Crippen LogP contribution < -0.4 is 19.7 Å². The predicted molar refractivity (Wildman–Crippen MR) is 132 cm³/mol. The van der Waals surface area contributed by atoms with Gasteiger partial charge >= 0.3 is 0 Å². The molecule has 0 fully saturated rings. The summed E-state index contributed by atoms with van der Waals surface area (Å²) >= 11 is 1.42. The summed E-state index contributed by atoms with van der Waals surface area (Å²) in [4.78, 5) is 29.0. The fraction of sp³-hybridized carbons (Fsp3) is 0.231. The lowest BCUT2D eigenvalue weighted by atomic mass is 10.1. The van der Waals surface area contributed by atoms with Gasteiger partial charge in [-0.3, -0.25) is 9.59 Å². The minimum atomic E-state index is -0.397. The van der Waals surface area contributed by atoms with E-state index in [1.165, 1.54) is 21.8 Å². The molecule has 1 aliphatic rings. The molecule has 0 spiro atoms. The van der Waals surface area contributed by atoms with Gasteiger partial charge in [-0.1, -0.05) is 31.5 Å². The zero-order valence-electron chi connectivity index (χ0n) is 18.9. The zero-order chi connectivity index (χ0) is 23.4. The Bertz CT molecular complexity index is 1160. The van der Waals surface area contributed by atoms with E-state index in [4.69, 9.17) is 9.47 Å². The second kappa shape index (κ2) is 9.92. The Morgan fingerprint density at radius 3 is 2.21 bits per heavy atom. The first kappa shape index (κ1) is 22.6. The van der Waals surface area contributed by atoms with Gasteiger partial charge in [0.25, 0.3) is 11.8 Å². The zero-order valence-corrected chi connectivity index (χ0v) is 19.7. The van der Waals surface area contributed by atoms with Crippen molar-refractivity contribution in [2.75, 3.05) is 24.4 Å². The van der Waals surface area contributed by atoms with Gasteiger partial charge in [-0.25, -0.2) is 4.90 Å². The summed E-state index contributed by atoms with van der Waals surface area (Å²) in [5.41, 5.74) is 2.92. The van der Waals surface area contributed by atoms with Crippen molar-refractivity contribution in [2.45, 2.75) is 26.2 Å². The highest BCUT2D eigenvalue weighted by atomic mass is 32.1. The number of aryl methyl sites for hydroxylation is 1. The van der Waals surface area contributed by atoms with Crippen LogP contribution in [0.15, 0.2) is 65.7 Å². The molecule has 1 N–H and O–H groups in total. The Labute approximate surface area is 197 Å². The first-order chi connectivity index (χ1) is 16.0. The van der Waals surface area contributed by atoms with Crippen LogP contribution in [-0.4, -0.2) is 26.0 Å². The van der Waals surface area contributed by atoms with E-state index in [9.17, 15) is 9.59 Å². The fourth-order valence-corrected chi connectivity index (χ4v) is 4.51. The molecule has 0 radical (unpaired) electrons. The first-order valence-corrected chi connectivity index (χ1v) is 11.7. The van der Waals surface area contributed by atoms with E-state index in [0.717, 1.165) is 24.1 Å². The molecule has 1 aliphatic heterocycles. The van der Waals surface area contributed by atoms with Gasteiger partial charge in [0.1, 0.15) is 17.2 Å². The van der Waals surface area contributed by atoms with Crippen molar-refractivity contribution < 1.29 is 19.1 Å². The lowest BCUT2D eigenvalue weighted by molar-refractivity contribution is -0.120. The highest BCUT2D eigenvalue weighted by Gasteiger charge is 2.40. The molecular weight excluding hydrogens is 436 g/mol. The monoisotopic (exact) mass is 462 g/mol. The molecule has 33 heavy (non-hydrogen) atoms. The number of nitrogens with zero attached hydrogens (tertiary/aromatic N) is 1. The summed E-state index contributed by atoms with van der Waals surface area (Å²) < 4.78 is 10.7. The number of hydrogen-bond acceptors (Lipinski definition) is 6. The van der Waals surface area contributed by atoms with Gasteiger partial charge in [0.15, 0.2) is 0 Å². The Balaban J connectivity index is 1.71. The Morgan fingerprint density at radius 1 is 0.939 bits per heavy atom. The summed E-state index contributed by atoms with van der Waals surface area (Å²) in [5, 5.41) is 5.05. The lowest BCUT2D eigenvalue weighted by Gasteiger charge is -2.16. The third-order valence-corrected chi connectivity index (χ3v) is 6.37. The summed E-state index contributed by atoms with van der Waals surface area (Å²) in [6, 6.07) is 16.6. The predicted octanol–water partition coefficient (Wildman–Crippen LogP) is 5.50. The number of hydrogen-bond donors (Lipinski definition) is 1. The molecule has 0 aliphatic carbocycles. The molecule has 0 atom stereocenters. The number of thiophene rings is 1. The second-order valence-electron chi connectivity index (χ2n) is 7.67. The van der Waals surface area contributed by atoms with Crippen molar-refractivity contribution in [3.63, 3.8) is 0 Å². The number of nitrogens with one attached hydrogen (secondary N) is 1. The van der Waals surface area contributed by atoms with Gasteiger partial charge in [-0.2, -0.15) is 0 Å². The molecule has 0 bridgehead atoms. The molecule has 0 saturated carbocycles. The maximum Gasteiger partial charge on any atom is 0.282 e. The lowest BCUT2D eigenvalue weighted by Crippen LogP contribution is -2.32. The minimum Gasteiger partial charge on any atom is -0.497 e. The second-order valence-corrected chi connectivity index (χ2v) is 8.62. The van der Waals surface area contributed by atoms with Crippen LogP contribution in [0.5, 0.6) is 11.5 Å². The number of ether oxygens (including phenoxy) is 2. The molecule has 0 unspecified atom stereocenters. The average Bonchev–Trinajstić information content (AvgIpc) is 3.44. The number of methoxy groups -OCH3 is 2. The van der Waals surface area contributed by atoms with Crippen molar-refractivity contribution in [3.8, 4) is 11.5 Å².